The smallest absolute Gasteiger partial charge is 0.347 e. The Hall–Kier alpha value is -1.21. The van der Waals surface area contributed by atoms with Crippen molar-refractivity contribution in [3.63, 3.8) is 0 Å². The molecule has 0 aliphatic carbocycles. The number of thioether (sulfide) groups is 1. The second-order valence-corrected chi connectivity index (χ2v) is 3.71. The summed E-state index contributed by atoms with van der Waals surface area (Å²) in [5.74, 6) is 1.04. The Kier molecular flexibility index (Phi) is 2.37. The van der Waals surface area contributed by atoms with Gasteiger partial charge in [0.15, 0.2) is 0 Å². The first-order valence-electron chi connectivity index (χ1n) is 4.17. The summed E-state index contributed by atoms with van der Waals surface area (Å²) < 4.78 is 5.09. The van der Waals surface area contributed by atoms with Gasteiger partial charge >= 0.3 is 11.7 Å². The topological polar surface area (TPSA) is 40.1 Å². The minimum Gasteiger partial charge on any atom is -0.347 e. The number of aromatic nitrogens is 2. The molecule has 0 aromatic carbocycles. The molecule has 0 spiro atoms. The molecule has 0 bridgehead atoms. The quantitative estimate of drug-likeness (QED) is 0.696. The third-order valence-electron chi connectivity index (χ3n) is 1.59. The summed E-state index contributed by atoms with van der Waals surface area (Å²) in [4.78, 5) is 4.09. The van der Waals surface area contributed by atoms with Crippen LogP contribution in [0.3, 0.4) is 0 Å². The van der Waals surface area contributed by atoms with Crippen LogP contribution in [0.15, 0.2) is 21.7 Å². The van der Waals surface area contributed by atoms with Crippen LogP contribution in [0.4, 0.5) is 0 Å². The highest BCUT2D eigenvalue weighted by atomic mass is 32.2. The lowest BCUT2D eigenvalue weighted by Gasteiger charge is -1.86. The molecule has 0 aliphatic rings. The fourth-order valence-electron chi connectivity index (χ4n) is 1.00. The Balaban J connectivity index is 2.35. The van der Waals surface area contributed by atoms with Crippen molar-refractivity contribution in [2.45, 2.75) is 18.4 Å². The SMILES string of the molecule is CCCSc1noc2ccc#[n+]c12. The molecule has 66 valence electrons. The first-order chi connectivity index (χ1) is 6.42. The summed E-state index contributed by atoms with van der Waals surface area (Å²) in [7, 11) is 0. The van der Waals surface area contributed by atoms with Crippen LogP contribution in [-0.4, -0.2) is 10.9 Å². The number of rotatable bonds is 3. The minimum absolute atomic E-state index is 0.734. The fraction of sp³-hybridized carbons (Fsp3) is 0.333. The molecule has 0 amide bonds. The van der Waals surface area contributed by atoms with Crippen LogP contribution in [0.2, 0.25) is 0 Å². The summed E-state index contributed by atoms with van der Waals surface area (Å²) in [6.45, 7) is 2.13. The number of fused-ring (bicyclic) bond motifs is 1. The molecule has 2 heterocycles. The van der Waals surface area contributed by atoms with Gasteiger partial charge in [0.05, 0.1) is 6.07 Å². The second-order valence-electron chi connectivity index (χ2n) is 2.62. The van der Waals surface area contributed by atoms with Gasteiger partial charge in [-0.2, -0.15) is 0 Å². The molecule has 0 saturated heterocycles. The first kappa shape index (κ1) is 8.39. The number of hydrogen-bond donors (Lipinski definition) is 0. The molecular formula is C9H9N2OS+. The summed E-state index contributed by atoms with van der Waals surface area (Å²) in [5.41, 5.74) is 1.55. The fourth-order valence-corrected chi connectivity index (χ4v) is 1.77. The molecular weight excluding hydrogens is 184 g/mol. The predicted molar refractivity (Wildman–Crippen MR) is 49.5 cm³/mol. The van der Waals surface area contributed by atoms with E-state index in [4.69, 9.17) is 4.52 Å². The Labute approximate surface area is 80.5 Å². The van der Waals surface area contributed by atoms with Gasteiger partial charge in [-0.1, -0.05) is 23.8 Å². The normalized spacial score (nSPS) is 10.2. The highest BCUT2D eigenvalue weighted by Crippen LogP contribution is 2.22. The predicted octanol–water partition coefficient (Wildman–Crippen LogP) is 1.73. The summed E-state index contributed by atoms with van der Waals surface area (Å²) >= 11 is 1.67. The van der Waals surface area contributed by atoms with Crippen molar-refractivity contribution >= 4 is 22.9 Å². The highest BCUT2D eigenvalue weighted by Gasteiger charge is 2.17. The third kappa shape index (κ3) is 1.61. The Morgan fingerprint density at radius 3 is 3.46 bits per heavy atom. The van der Waals surface area contributed by atoms with Crippen LogP contribution in [0.25, 0.3) is 11.1 Å². The third-order valence-corrected chi connectivity index (χ3v) is 2.75. The van der Waals surface area contributed by atoms with Crippen molar-refractivity contribution in [1.82, 2.24) is 5.16 Å². The zero-order chi connectivity index (χ0) is 9.10. The zero-order valence-corrected chi connectivity index (χ0v) is 8.10. The Bertz CT molecular complexity index is 399. The monoisotopic (exact) mass is 193 g/mol. The number of nitrogens with zero attached hydrogens (tertiary/aromatic N) is 2. The molecule has 0 radical (unpaired) electrons. The van der Waals surface area contributed by atoms with Crippen molar-refractivity contribution in [3.05, 3.63) is 18.3 Å². The molecule has 2 rings (SSSR count). The zero-order valence-electron chi connectivity index (χ0n) is 7.28. The maximum atomic E-state index is 5.09. The lowest BCUT2D eigenvalue weighted by atomic mass is 10.4. The van der Waals surface area contributed by atoms with E-state index in [1.807, 2.05) is 6.07 Å². The second kappa shape index (κ2) is 3.67. The van der Waals surface area contributed by atoms with Crippen molar-refractivity contribution in [2.24, 2.45) is 0 Å². The lowest BCUT2D eigenvalue weighted by molar-refractivity contribution is -0.260. The van der Waals surface area contributed by atoms with Crippen LogP contribution in [0.1, 0.15) is 13.3 Å². The van der Waals surface area contributed by atoms with Gasteiger partial charge in [-0.05, 0) is 17.2 Å². The van der Waals surface area contributed by atoms with Gasteiger partial charge in [0.25, 0.3) is 5.58 Å². The highest BCUT2D eigenvalue weighted by molar-refractivity contribution is 7.99. The molecule has 3 nitrogen and oxygen atoms in total. The molecule has 0 aliphatic heterocycles. The van der Waals surface area contributed by atoms with Crippen molar-refractivity contribution in [2.75, 3.05) is 5.75 Å². The van der Waals surface area contributed by atoms with Gasteiger partial charge in [-0.3, -0.25) is 0 Å². The van der Waals surface area contributed by atoms with Crippen LogP contribution < -0.4 is 4.98 Å². The molecule has 0 unspecified atom stereocenters. The van der Waals surface area contributed by atoms with E-state index >= 15 is 0 Å². The van der Waals surface area contributed by atoms with E-state index in [0.29, 0.717) is 0 Å². The van der Waals surface area contributed by atoms with Gasteiger partial charge in [0, 0.05) is 6.07 Å². The molecule has 0 N–H and O–H groups in total. The van der Waals surface area contributed by atoms with Gasteiger partial charge in [-0.15, -0.1) is 0 Å². The van der Waals surface area contributed by atoms with E-state index in [1.54, 1.807) is 17.8 Å². The molecule has 2 aromatic heterocycles. The molecule has 0 fully saturated rings. The van der Waals surface area contributed by atoms with E-state index < -0.39 is 0 Å². The molecule has 0 atom stereocenters. The van der Waals surface area contributed by atoms with Crippen LogP contribution in [-0.2, 0) is 0 Å². The Morgan fingerprint density at radius 2 is 2.62 bits per heavy atom. The molecule has 13 heavy (non-hydrogen) atoms. The summed E-state index contributed by atoms with van der Waals surface area (Å²) in [6.07, 6.45) is 3.90. The summed E-state index contributed by atoms with van der Waals surface area (Å²) in [5, 5.41) is 4.81. The average Bonchev–Trinajstić information content (AvgIpc) is 2.58. The van der Waals surface area contributed by atoms with Gasteiger partial charge in [-0.25, -0.2) is 0 Å². The van der Waals surface area contributed by atoms with Gasteiger partial charge in [0.2, 0.25) is 5.03 Å². The van der Waals surface area contributed by atoms with E-state index in [1.165, 1.54) is 0 Å². The van der Waals surface area contributed by atoms with E-state index in [9.17, 15) is 0 Å². The molecule has 4 heteroatoms. The lowest BCUT2D eigenvalue weighted by Crippen LogP contribution is -1.91. The van der Waals surface area contributed by atoms with E-state index in [0.717, 1.165) is 28.3 Å². The Morgan fingerprint density at radius 1 is 1.69 bits per heavy atom. The molecule has 0 saturated carbocycles. The largest absolute Gasteiger partial charge is 0.420 e. The summed E-state index contributed by atoms with van der Waals surface area (Å²) in [6, 6.07) is 3.55. The maximum Gasteiger partial charge on any atom is 0.420 e. The van der Waals surface area contributed by atoms with Crippen molar-refractivity contribution in [1.29, 1.82) is 0 Å². The molecule has 2 aromatic rings. The van der Waals surface area contributed by atoms with E-state index in [-0.39, 0.29) is 0 Å². The van der Waals surface area contributed by atoms with E-state index in [2.05, 4.69) is 23.3 Å². The minimum atomic E-state index is 0.734. The standard InChI is InChI=1S/C9H9N2OS/c1-2-6-13-9-8-7(12-11-9)4-3-5-10-8/h3-4H,2,6H2,1H3/q+1. The average molecular weight is 193 g/mol. The van der Waals surface area contributed by atoms with Crippen molar-refractivity contribution < 1.29 is 9.51 Å². The van der Waals surface area contributed by atoms with Gasteiger partial charge in [0.1, 0.15) is 0 Å². The maximum absolute atomic E-state index is 5.09. The number of hydrogen-bond acceptors (Lipinski definition) is 3. The van der Waals surface area contributed by atoms with Gasteiger partial charge < -0.3 is 4.52 Å². The van der Waals surface area contributed by atoms with Crippen LogP contribution in [0, 0.1) is 6.20 Å². The van der Waals surface area contributed by atoms with Crippen LogP contribution in [0.5, 0.6) is 0 Å². The van der Waals surface area contributed by atoms with Crippen LogP contribution >= 0.6 is 11.8 Å². The first-order valence-corrected chi connectivity index (χ1v) is 5.15. The van der Waals surface area contributed by atoms with Crippen molar-refractivity contribution in [3.8, 4) is 0 Å².